The zero-order valence-corrected chi connectivity index (χ0v) is 17.3. The van der Waals surface area contributed by atoms with E-state index in [9.17, 15) is 9.59 Å². The largest absolute Gasteiger partial charge is 0.497 e. The van der Waals surface area contributed by atoms with Gasteiger partial charge in [0.2, 0.25) is 5.91 Å². The quantitative estimate of drug-likeness (QED) is 0.582. The van der Waals surface area contributed by atoms with Gasteiger partial charge in [0, 0.05) is 11.3 Å². The molecule has 0 aliphatic rings. The van der Waals surface area contributed by atoms with Crippen LogP contribution in [0, 0.1) is 0 Å². The van der Waals surface area contributed by atoms with E-state index in [1.165, 1.54) is 0 Å². The Morgan fingerprint density at radius 1 is 1.00 bits per heavy atom. The number of anilines is 1. The van der Waals surface area contributed by atoms with Crippen LogP contribution >= 0.6 is 11.8 Å². The van der Waals surface area contributed by atoms with Crippen LogP contribution in [0.1, 0.15) is 16.8 Å². The highest BCUT2D eigenvalue weighted by Gasteiger charge is 2.21. The zero-order chi connectivity index (χ0) is 20.6. The molecule has 1 atom stereocenters. The first-order chi connectivity index (χ1) is 14.1. The molecule has 0 fully saturated rings. The van der Waals surface area contributed by atoms with Crippen LogP contribution in [0.4, 0.5) is 5.69 Å². The van der Waals surface area contributed by atoms with E-state index in [1.807, 2.05) is 48.7 Å². The van der Waals surface area contributed by atoms with E-state index in [0.717, 1.165) is 16.5 Å². The predicted molar refractivity (Wildman–Crippen MR) is 120 cm³/mol. The van der Waals surface area contributed by atoms with Gasteiger partial charge in [-0.1, -0.05) is 30.3 Å². The summed E-state index contributed by atoms with van der Waals surface area (Å²) in [5.41, 5.74) is 1.19. The third-order valence-electron chi connectivity index (χ3n) is 4.60. The minimum atomic E-state index is -0.622. The van der Waals surface area contributed by atoms with Crippen molar-refractivity contribution in [1.29, 1.82) is 0 Å². The van der Waals surface area contributed by atoms with Crippen molar-refractivity contribution in [2.75, 3.05) is 24.4 Å². The lowest BCUT2D eigenvalue weighted by Gasteiger charge is -2.18. The van der Waals surface area contributed by atoms with Crippen LogP contribution in [0.5, 0.6) is 5.75 Å². The second-order valence-electron chi connectivity index (χ2n) is 6.59. The molecule has 3 aromatic rings. The first-order valence-electron chi connectivity index (χ1n) is 9.34. The molecule has 0 aromatic heterocycles. The summed E-state index contributed by atoms with van der Waals surface area (Å²) in [4.78, 5) is 25.5. The molecule has 2 amide bonds. The number of rotatable bonds is 8. The summed E-state index contributed by atoms with van der Waals surface area (Å²) in [5.74, 6) is 0.928. The molecule has 0 bridgehead atoms. The van der Waals surface area contributed by atoms with E-state index in [4.69, 9.17) is 4.74 Å². The Morgan fingerprint density at radius 2 is 1.72 bits per heavy atom. The van der Waals surface area contributed by atoms with E-state index in [0.29, 0.717) is 23.4 Å². The number of methoxy groups -OCH3 is 1. The number of nitrogens with one attached hydrogen (secondary N) is 2. The number of amides is 2. The predicted octanol–water partition coefficient (Wildman–Crippen LogP) is 4.34. The maximum Gasteiger partial charge on any atom is 0.251 e. The zero-order valence-electron chi connectivity index (χ0n) is 16.5. The molecular formula is C23H24N2O3S. The summed E-state index contributed by atoms with van der Waals surface area (Å²) in [6.07, 6.45) is 2.52. The van der Waals surface area contributed by atoms with Crippen LogP contribution in [0.25, 0.3) is 10.8 Å². The molecule has 5 nitrogen and oxygen atoms in total. The van der Waals surface area contributed by atoms with Crippen molar-refractivity contribution in [3.8, 4) is 5.75 Å². The molecule has 0 spiro atoms. The number of benzene rings is 3. The SMILES string of the molecule is COc1ccc(C(=O)N[C@H](CCSC)C(=O)Nc2ccc3ccccc3c2)cc1. The lowest BCUT2D eigenvalue weighted by molar-refractivity contribution is -0.118. The van der Waals surface area contributed by atoms with Gasteiger partial charge in [-0.3, -0.25) is 9.59 Å². The summed E-state index contributed by atoms with van der Waals surface area (Å²) in [7, 11) is 1.57. The summed E-state index contributed by atoms with van der Waals surface area (Å²) >= 11 is 1.64. The monoisotopic (exact) mass is 408 g/mol. The standard InChI is InChI=1S/C23H24N2O3S/c1-28-20-11-8-17(9-12-20)22(26)25-21(13-14-29-2)23(27)24-19-10-7-16-5-3-4-6-18(16)15-19/h3-12,15,21H,13-14H2,1-2H3,(H,24,27)(H,25,26)/t21-/m1/s1. The van der Waals surface area contributed by atoms with Crippen LogP contribution in [-0.2, 0) is 4.79 Å². The molecule has 6 heteroatoms. The molecule has 0 aliphatic carbocycles. The van der Waals surface area contributed by atoms with E-state index < -0.39 is 6.04 Å². The molecule has 150 valence electrons. The molecule has 3 aromatic carbocycles. The molecule has 0 aliphatic heterocycles. The Balaban J connectivity index is 1.71. The summed E-state index contributed by atoms with van der Waals surface area (Å²) in [6, 6.07) is 19.9. The first-order valence-corrected chi connectivity index (χ1v) is 10.7. The summed E-state index contributed by atoms with van der Waals surface area (Å²) < 4.78 is 5.12. The van der Waals surface area contributed by atoms with E-state index in [-0.39, 0.29) is 11.8 Å². The molecule has 3 rings (SSSR count). The number of hydrogen-bond donors (Lipinski definition) is 2. The van der Waals surface area contributed by atoms with Crippen molar-refractivity contribution in [2.24, 2.45) is 0 Å². The fraction of sp³-hybridized carbons (Fsp3) is 0.217. The molecule has 0 unspecified atom stereocenters. The Labute approximate surface area is 174 Å². The van der Waals surface area contributed by atoms with Gasteiger partial charge in [0.25, 0.3) is 5.91 Å². The van der Waals surface area contributed by atoms with Gasteiger partial charge in [-0.15, -0.1) is 0 Å². The average Bonchev–Trinajstić information content (AvgIpc) is 2.76. The third kappa shape index (κ3) is 5.51. The van der Waals surface area contributed by atoms with Gasteiger partial charge in [0.15, 0.2) is 0 Å². The molecule has 0 saturated carbocycles. The number of carbonyl (C=O) groups excluding carboxylic acids is 2. The van der Waals surface area contributed by atoms with Crippen LogP contribution in [-0.4, -0.2) is 37.0 Å². The highest BCUT2D eigenvalue weighted by atomic mass is 32.2. The van der Waals surface area contributed by atoms with Crippen molar-refractivity contribution in [3.63, 3.8) is 0 Å². The third-order valence-corrected chi connectivity index (χ3v) is 5.25. The van der Waals surface area contributed by atoms with Crippen molar-refractivity contribution < 1.29 is 14.3 Å². The first kappa shape index (κ1) is 20.7. The fourth-order valence-electron chi connectivity index (χ4n) is 2.98. The Kier molecular flexibility index (Phi) is 7.14. The Hall–Kier alpha value is -2.99. The van der Waals surface area contributed by atoms with Gasteiger partial charge in [-0.05, 0) is 65.6 Å². The van der Waals surface area contributed by atoms with Gasteiger partial charge < -0.3 is 15.4 Å². The second-order valence-corrected chi connectivity index (χ2v) is 7.57. The van der Waals surface area contributed by atoms with Crippen molar-refractivity contribution in [2.45, 2.75) is 12.5 Å². The van der Waals surface area contributed by atoms with Crippen LogP contribution in [0.2, 0.25) is 0 Å². The number of fused-ring (bicyclic) bond motifs is 1. The highest BCUT2D eigenvalue weighted by Crippen LogP contribution is 2.19. The van der Waals surface area contributed by atoms with Crippen LogP contribution in [0.3, 0.4) is 0 Å². The van der Waals surface area contributed by atoms with Gasteiger partial charge in [-0.25, -0.2) is 0 Å². The van der Waals surface area contributed by atoms with Crippen molar-refractivity contribution in [3.05, 3.63) is 72.3 Å². The van der Waals surface area contributed by atoms with Crippen LogP contribution < -0.4 is 15.4 Å². The van der Waals surface area contributed by atoms with Gasteiger partial charge in [0.1, 0.15) is 11.8 Å². The van der Waals surface area contributed by atoms with E-state index in [1.54, 1.807) is 43.1 Å². The molecule has 0 saturated heterocycles. The normalized spacial score (nSPS) is 11.7. The average molecular weight is 409 g/mol. The summed E-state index contributed by atoms with van der Waals surface area (Å²) in [6.45, 7) is 0. The topological polar surface area (TPSA) is 67.4 Å². The Morgan fingerprint density at radius 3 is 2.41 bits per heavy atom. The minimum Gasteiger partial charge on any atom is -0.497 e. The smallest absolute Gasteiger partial charge is 0.251 e. The Bertz CT molecular complexity index is 989. The van der Waals surface area contributed by atoms with E-state index >= 15 is 0 Å². The highest BCUT2D eigenvalue weighted by molar-refractivity contribution is 7.98. The maximum absolute atomic E-state index is 12.9. The molecule has 2 N–H and O–H groups in total. The van der Waals surface area contributed by atoms with Crippen LogP contribution in [0.15, 0.2) is 66.7 Å². The second kappa shape index (κ2) is 9.98. The van der Waals surface area contributed by atoms with Crippen molar-refractivity contribution >= 4 is 40.0 Å². The fourth-order valence-corrected chi connectivity index (χ4v) is 3.46. The van der Waals surface area contributed by atoms with Crippen molar-refractivity contribution in [1.82, 2.24) is 5.32 Å². The molecular weight excluding hydrogens is 384 g/mol. The van der Waals surface area contributed by atoms with E-state index in [2.05, 4.69) is 10.6 Å². The molecule has 29 heavy (non-hydrogen) atoms. The number of carbonyl (C=O) groups is 2. The lowest BCUT2D eigenvalue weighted by Crippen LogP contribution is -2.44. The molecule has 0 radical (unpaired) electrons. The number of hydrogen-bond acceptors (Lipinski definition) is 4. The lowest BCUT2D eigenvalue weighted by atomic mass is 10.1. The van der Waals surface area contributed by atoms with Gasteiger partial charge >= 0.3 is 0 Å². The minimum absolute atomic E-state index is 0.226. The van der Waals surface area contributed by atoms with Gasteiger partial charge in [0.05, 0.1) is 7.11 Å². The number of thioether (sulfide) groups is 1. The maximum atomic E-state index is 12.9. The molecule has 0 heterocycles. The summed E-state index contributed by atoms with van der Waals surface area (Å²) in [5, 5.41) is 7.95. The van der Waals surface area contributed by atoms with Gasteiger partial charge in [-0.2, -0.15) is 11.8 Å². The number of ether oxygens (including phenoxy) is 1.